The molecule has 3 N–H and O–H groups in total. The average molecular weight is 247 g/mol. The van der Waals surface area contributed by atoms with Crippen LogP contribution in [0.3, 0.4) is 0 Å². The van der Waals surface area contributed by atoms with E-state index in [2.05, 4.69) is 9.97 Å². The SMILES string of the molecule is NC(c1nc2c(F)cccc2[nH]1)C1CCCCC1. The van der Waals surface area contributed by atoms with Gasteiger partial charge in [0.05, 0.1) is 11.6 Å². The zero-order valence-electron chi connectivity index (χ0n) is 10.3. The summed E-state index contributed by atoms with van der Waals surface area (Å²) in [6.45, 7) is 0. The Labute approximate surface area is 106 Å². The number of nitrogens with one attached hydrogen (secondary N) is 1. The largest absolute Gasteiger partial charge is 0.341 e. The number of aromatic nitrogens is 2. The van der Waals surface area contributed by atoms with E-state index < -0.39 is 0 Å². The van der Waals surface area contributed by atoms with Crippen LogP contribution in [0, 0.1) is 11.7 Å². The summed E-state index contributed by atoms with van der Waals surface area (Å²) in [5.41, 5.74) is 7.40. The summed E-state index contributed by atoms with van der Waals surface area (Å²) >= 11 is 0. The standard InChI is InChI=1S/C14H18FN3/c15-10-7-4-8-11-13(10)18-14(17-11)12(16)9-5-2-1-3-6-9/h4,7-9,12H,1-3,5-6,16H2,(H,17,18). The van der Waals surface area contributed by atoms with Crippen LogP contribution in [0.5, 0.6) is 0 Å². The molecule has 2 aromatic rings. The predicted molar refractivity (Wildman–Crippen MR) is 69.6 cm³/mol. The molecule has 1 atom stereocenters. The summed E-state index contributed by atoms with van der Waals surface area (Å²) in [5.74, 6) is 0.912. The number of H-pyrrole nitrogens is 1. The summed E-state index contributed by atoms with van der Waals surface area (Å²) in [6.07, 6.45) is 6.10. The topological polar surface area (TPSA) is 54.7 Å². The fraction of sp³-hybridized carbons (Fsp3) is 0.500. The van der Waals surface area contributed by atoms with Crippen molar-refractivity contribution in [1.82, 2.24) is 9.97 Å². The van der Waals surface area contributed by atoms with E-state index in [1.165, 1.54) is 25.3 Å². The number of rotatable bonds is 2. The van der Waals surface area contributed by atoms with Gasteiger partial charge in [0.1, 0.15) is 11.3 Å². The summed E-state index contributed by atoms with van der Waals surface area (Å²) in [4.78, 5) is 7.49. The van der Waals surface area contributed by atoms with Crippen molar-refractivity contribution in [1.29, 1.82) is 0 Å². The normalized spacial score (nSPS) is 19.2. The Morgan fingerprint density at radius 3 is 2.78 bits per heavy atom. The fourth-order valence-electron chi connectivity index (χ4n) is 2.89. The zero-order chi connectivity index (χ0) is 12.5. The lowest BCUT2D eigenvalue weighted by Crippen LogP contribution is -2.24. The molecular formula is C14H18FN3. The van der Waals surface area contributed by atoms with Crippen molar-refractivity contribution in [2.75, 3.05) is 0 Å². The van der Waals surface area contributed by atoms with Gasteiger partial charge in [0.15, 0.2) is 5.82 Å². The molecule has 1 fully saturated rings. The number of fused-ring (bicyclic) bond motifs is 1. The van der Waals surface area contributed by atoms with E-state index in [9.17, 15) is 4.39 Å². The number of halogens is 1. The third kappa shape index (κ3) is 2.01. The molecule has 1 aromatic heterocycles. The van der Waals surface area contributed by atoms with Crippen LogP contribution in [-0.2, 0) is 0 Å². The van der Waals surface area contributed by atoms with Gasteiger partial charge in [-0.3, -0.25) is 0 Å². The molecule has 96 valence electrons. The minimum Gasteiger partial charge on any atom is -0.341 e. The lowest BCUT2D eigenvalue weighted by atomic mass is 9.84. The van der Waals surface area contributed by atoms with Crippen LogP contribution in [0.4, 0.5) is 4.39 Å². The van der Waals surface area contributed by atoms with Crippen LogP contribution in [0.1, 0.15) is 44.0 Å². The fourth-order valence-corrected chi connectivity index (χ4v) is 2.89. The van der Waals surface area contributed by atoms with Crippen LogP contribution in [-0.4, -0.2) is 9.97 Å². The van der Waals surface area contributed by atoms with Gasteiger partial charge in [-0.2, -0.15) is 0 Å². The number of hydrogen-bond donors (Lipinski definition) is 2. The maximum Gasteiger partial charge on any atom is 0.151 e. The van der Waals surface area contributed by atoms with Crippen LogP contribution in [0.15, 0.2) is 18.2 Å². The molecule has 0 bridgehead atoms. The second-order valence-corrected chi connectivity index (χ2v) is 5.18. The van der Waals surface area contributed by atoms with Crippen molar-refractivity contribution in [2.24, 2.45) is 11.7 Å². The maximum atomic E-state index is 13.6. The van der Waals surface area contributed by atoms with E-state index in [0.717, 1.165) is 24.2 Å². The van der Waals surface area contributed by atoms with Gasteiger partial charge >= 0.3 is 0 Å². The molecule has 0 radical (unpaired) electrons. The lowest BCUT2D eigenvalue weighted by Gasteiger charge is -2.25. The third-order valence-corrected chi connectivity index (χ3v) is 3.96. The summed E-state index contributed by atoms with van der Waals surface area (Å²) < 4.78 is 13.6. The number of benzene rings is 1. The van der Waals surface area contributed by atoms with E-state index >= 15 is 0 Å². The monoisotopic (exact) mass is 247 g/mol. The minimum absolute atomic E-state index is 0.0999. The average Bonchev–Trinajstić information content (AvgIpc) is 2.84. The van der Waals surface area contributed by atoms with Gasteiger partial charge in [0.2, 0.25) is 0 Å². The van der Waals surface area contributed by atoms with Crippen molar-refractivity contribution in [3.63, 3.8) is 0 Å². The first-order valence-electron chi connectivity index (χ1n) is 6.65. The summed E-state index contributed by atoms with van der Waals surface area (Å²) in [5, 5.41) is 0. The molecule has 0 saturated heterocycles. The van der Waals surface area contributed by atoms with Crippen molar-refractivity contribution >= 4 is 11.0 Å². The molecule has 18 heavy (non-hydrogen) atoms. The van der Waals surface area contributed by atoms with E-state index in [-0.39, 0.29) is 11.9 Å². The molecule has 0 spiro atoms. The Kier molecular flexibility index (Phi) is 3.04. The summed E-state index contributed by atoms with van der Waals surface area (Å²) in [6, 6.07) is 4.85. The van der Waals surface area contributed by atoms with Crippen molar-refractivity contribution in [3.8, 4) is 0 Å². The number of hydrogen-bond acceptors (Lipinski definition) is 2. The van der Waals surface area contributed by atoms with Crippen molar-refractivity contribution in [3.05, 3.63) is 29.8 Å². The van der Waals surface area contributed by atoms with E-state index in [1.54, 1.807) is 6.07 Å². The first-order valence-corrected chi connectivity index (χ1v) is 6.65. The maximum absolute atomic E-state index is 13.6. The smallest absolute Gasteiger partial charge is 0.151 e. The Balaban J connectivity index is 1.91. The highest BCUT2D eigenvalue weighted by Gasteiger charge is 2.24. The Hall–Kier alpha value is -1.42. The first kappa shape index (κ1) is 11.7. The highest BCUT2D eigenvalue weighted by Crippen LogP contribution is 2.32. The molecule has 1 aliphatic carbocycles. The highest BCUT2D eigenvalue weighted by atomic mass is 19.1. The minimum atomic E-state index is -0.286. The Morgan fingerprint density at radius 1 is 1.28 bits per heavy atom. The quantitative estimate of drug-likeness (QED) is 0.855. The second kappa shape index (κ2) is 4.69. The lowest BCUT2D eigenvalue weighted by molar-refractivity contribution is 0.302. The van der Waals surface area contributed by atoms with E-state index in [1.807, 2.05) is 6.07 Å². The molecule has 1 unspecified atom stereocenters. The van der Waals surface area contributed by atoms with Gasteiger partial charge in [-0.25, -0.2) is 9.37 Å². The van der Waals surface area contributed by atoms with Gasteiger partial charge in [-0.1, -0.05) is 25.3 Å². The summed E-state index contributed by atoms with van der Waals surface area (Å²) in [7, 11) is 0. The first-order chi connectivity index (χ1) is 8.75. The zero-order valence-corrected chi connectivity index (χ0v) is 10.3. The molecule has 1 saturated carbocycles. The van der Waals surface area contributed by atoms with Crippen LogP contribution >= 0.6 is 0 Å². The van der Waals surface area contributed by atoms with Gasteiger partial charge in [0.25, 0.3) is 0 Å². The molecule has 3 rings (SSSR count). The van der Waals surface area contributed by atoms with Crippen LogP contribution in [0.25, 0.3) is 11.0 Å². The van der Waals surface area contributed by atoms with Crippen LogP contribution < -0.4 is 5.73 Å². The molecule has 4 heteroatoms. The van der Waals surface area contributed by atoms with Gasteiger partial charge < -0.3 is 10.7 Å². The molecule has 1 aliphatic rings. The number of nitrogens with zero attached hydrogens (tertiary/aromatic N) is 1. The third-order valence-electron chi connectivity index (χ3n) is 3.96. The van der Waals surface area contributed by atoms with Crippen LogP contribution in [0.2, 0.25) is 0 Å². The number of imidazole rings is 1. The number of nitrogens with two attached hydrogens (primary N) is 1. The Morgan fingerprint density at radius 2 is 2.06 bits per heavy atom. The second-order valence-electron chi connectivity index (χ2n) is 5.18. The number of para-hydroxylation sites is 1. The molecule has 0 aliphatic heterocycles. The van der Waals surface area contributed by atoms with Gasteiger partial charge in [-0.05, 0) is 30.9 Å². The van der Waals surface area contributed by atoms with Gasteiger partial charge in [-0.15, -0.1) is 0 Å². The molecule has 3 nitrogen and oxygen atoms in total. The molecule has 1 heterocycles. The van der Waals surface area contributed by atoms with Crippen molar-refractivity contribution in [2.45, 2.75) is 38.1 Å². The van der Waals surface area contributed by atoms with Crippen molar-refractivity contribution < 1.29 is 4.39 Å². The predicted octanol–water partition coefficient (Wildman–Crippen LogP) is 3.28. The van der Waals surface area contributed by atoms with Gasteiger partial charge in [0, 0.05) is 0 Å². The molecule has 1 aromatic carbocycles. The number of aromatic amines is 1. The Bertz CT molecular complexity index is 543. The molecular weight excluding hydrogens is 229 g/mol. The van der Waals surface area contributed by atoms with E-state index in [0.29, 0.717) is 11.4 Å². The highest BCUT2D eigenvalue weighted by molar-refractivity contribution is 5.75. The molecule has 0 amide bonds. The van der Waals surface area contributed by atoms with E-state index in [4.69, 9.17) is 5.73 Å².